The minimum absolute atomic E-state index is 0.383. The number of aryl methyl sites for hydroxylation is 1. The molecule has 0 aliphatic carbocycles. The number of ether oxygens (including phenoxy) is 1. The van der Waals surface area contributed by atoms with Crippen LogP contribution in [-0.4, -0.2) is 13.1 Å². The van der Waals surface area contributed by atoms with Gasteiger partial charge in [0.15, 0.2) is 0 Å². The third-order valence-electron chi connectivity index (χ3n) is 2.01. The lowest BCUT2D eigenvalue weighted by Gasteiger charge is -2.10. The number of methoxy groups -OCH3 is 1. The van der Waals surface area contributed by atoms with E-state index < -0.39 is 6.03 Å². The van der Waals surface area contributed by atoms with E-state index >= 15 is 0 Å². The maximum absolute atomic E-state index is 10.9. The highest BCUT2D eigenvalue weighted by Gasteiger charge is 2.04. The summed E-state index contributed by atoms with van der Waals surface area (Å²) in [5, 5.41) is 2.60. The van der Waals surface area contributed by atoms with Crippen molar-refractivity contribution >= 4 is 6.03 Å². The molecular formula is C10H15N3O2. The second kappa shape index (κ2) is 5.21. The van der Waals surface area contributed by atoms with E-state index in [1.54, 1.807) is 7.11 Å². The Morgan fingerprint density at radius 1 is 1.53 bits per heavy atom. The summed E-state index contributed by atoms with van der Waals surface area (Å²) in [5.74, 6) is 5.69. The molecule has 0 fully saturated rings. The molecule has 0 aromatic heterocycles. The predicted molar refractivity (Wildman–Crippen MR) is 57.3 cm³/mol. The quantitative estimate of drug-likeness (QED) is 0.389. The number of carbonyl (C=O) groups is 1. The van der Waals surface area contributed by atoms with Gasteiger partial charge in [0, 0.05) is 12.1 Å². The second-order valence-electron chi connectivity index (χ2n) is 3.14. The third kappa shape index (κ3) is 3.14. The number of carbonyl (C=O) groups excluding carboxylic acids is 1. The van der Waals surface area contributed by atoms with Gasteiger partial charge in [0.05, 0.1) is 7.11 Å². The Morgan fingerprint density at radius 2 is 2.27 bits per heavy atom. The fourth-order valence-electron chi connectivity index (χ4n) is 1.27. The molecule has 0 unspecified atom stereocenters. The molecule has 82 valence electrons. The van der Waals surface area contributed by atoms with Crippen LogP contribution in [0.2, 0.25) is 0 Å². The number of nitrogens with one attached hydrogen (secondary N) is 2. The van der Waals surface area contributed by atoms with Crippen LogP contribution >= 0.6 is 0 Å². The molecule has 15 heavy (non-hydrogen) atoms. The van der Waals surface area contributed by atoms with Gasteiger partial charge in [-0.3, -0.25) is 5.43 Å². The summed E-state index contributed by atoms with van der Waals surface area (Å²) >= 11 is 0. The molecule has 4 N–H and O–H groups in total. The van der Waals surface area contributed by atoms with Gasteiger partial charge in [0.1, 0.15) is 5.75 Å². The van der Waals surface area contributed by atoms with E-state index in [1.165, 1.54) is 0 Å². The minimum atomic E-state index is -0.418. The van der Waals surface area contributed by atoms with Gasteiger partial charge in [0.2, 0.25) is 0 Å². The molecule has 0 spiro atoms. The van der Waals surface area contributed by atoms with Crippen LogP contribution in [-0.2, 0) is 6.54 Å². The summed E-state index contributed by atoms with van der Waals surface area (Å²) in [7, 11) is 1.59. The Kier molecular flexibility index (Phi) is 3.93. The van der Waals surface area contributed by atoms with Crippen LogP contribution in [0.15, 0.2) is 18.2 Å². The van der Waals surface area contributed by atoms with Crippen molar-refractivity contribution in [2.75, 3.05) is 7.11 Å². The minimum Gasteiger partial charge on any atom is -0.496 e. The highest BCUT2D eigenvalue weighted by atomic mass is 16.5. The molecule has 5 heteroatoms. The SMILES string of the molecule is COc1ccc(C)cc1CNC(=O)NN. The lowest BCUT2D eigenvalue weighted by Crippen LogP contribution is -2.39. The Labute approximate surface area is 88.6 Å². The normalized spacial score (nSPS) is 9.53. The van der Waals surface area contributed by atoms with Crippen LogP contribution in [0, 0.1) is 6.92 Å². The fraction of sp³-hybridized carbons (Fsp3) is 0.300. The van der Waals surface area contributed by atoms with Gasteiger partial charge in [-0.05, 0) is 13.0 Å². The fourth-order valence-corrected chi connectivity index (χ4v) is 1.27. The smallest absolute Gasteiger partial charge is 0.329 e. The zero-order chi connectivity index (χ0) is 11.3. The zero-order valence-corrected chi connectivity index (χ0v) is 8.83. The Hall–Kier alpha value is -1.75. The first kappa shape index (κ1) is 11.3. The molecule has 1 aromatic carbocycles. The van der Waals surface area contributed by atoms with Gasteiger partial charge in [-0.15, -0.1) is 0 Å². The second-order valence-corrected chi connectivity index (χ2v) is 3.14. The van der Waals surface area contributed by atoms with Crippen molar-refractivity contribution in [3.63, 3.8) is 0 Å². The Morgan fingerprint density at radius 3 is 2.87 bits per heavy atom. The van der Waals surface area contributed by atoms with E-state index in [2.05, 4.69) is 5.32 Å². The molecule has 5 nitrogen and oxygen atoms in total. The van der Waals surface area contributed by atoms with E-state index in [0.717, 1.165) is 16.9 Å². The monoisotopic (exact) mass is 209 g/mol. The van der Waals surface area contributed by atoms with Crippen LogP contribution in [0.1, 0.15) is 11.1 Å². The van der Waals surface area contributed by atoms with E-state index in [1.807, 2.05) is 30.5 Å². The van der Waals surface area contributed by atoms with Gasteiger partial charge < -0.3 is 10.1 Å². The molecule has 0 saturated carbocycles. The van der Waals surface area contributed by atoms with E-state index in [0.29, 0.717) is 6.54 Å². The number of hydrogen-bond acceptors (Lipinski definition) is 3. The summed E-state index contributed by atoms with van der Waals surface area (Å²) in [6.07, 6.45) is 0. The number of nitrogens with two attached hydrogens (primary N) is 1. The summed E-state index contributed by atoms with van der Waals surface area (Å²) in [6.45, 7) is 2.36. The number of benzene rings is 1. The molecule has 0 heterocycles. The van der Waals surface area contributed by atoms with Gasteiger partial charge in [-0.1, -0.05) is 17.7 Å². The predicted octanol–water partition coefficient (Wildman–Crippen LogP) is 0.677. The molecular weight excluding hydrogens is 194 g/mol. The third-order valence-corrected chi connectivity index (χ3v) is 2.01. The highest BCUT2D eigenvalue weighted by Crippen LogP contribution is 2.19. The zero-order valence-electron chi connectivity index (χ0n) is 8.83. The molecule has 0 aliphatic rings. The van der Waals surface area contributed by atoms with E-state index in [9.17, 15) is 4.79 Å². The van der Waals surface area contributed by atoms with Crippen molar-refractivity contribution in [2.45, 2.75) is 13.5 Å². The summed E-state index contributed by atoms with van der Waals surface area (Å²) in [6, 6.07) is 5.35. The van der Waals surface area contributed by atoms with E-state index in [-0.39, 0.29) is 0 Å². The van der Waals surface area contributed by atoms with Crippen molar-refractivity contribution in [3.8, 4) is 5.75 Å². The number of amides is 2. The number of urea groups is 1. The molecule has 0 saturated heterocycles. The lowest BCUT2D eigenvalue weighted by atomic mass is 10.1. The summed E-state index contributed by atoms with van der Waals surface area (Å²) in [4.78, 5) is 10.9. The van der Waals surface area contributed by atoms with Crippen molar-refractivity contribution in [1.29, 1.82) is 0 Å². The first-order valence-electron chi connectivity index (χ1n) is 4.55. The molecule has 1 rings (SSSR count). The summed E-state index contributed by atoms with van der Waals surface area (Å²) < 4.78 is 5.16. The van der Waals surface area contributed by atoms with Crippen molar-refractivity contribution in [1.82, 2.24) is 10.7 Å². The molecule has 1 aromatic rings. The number of hydrogen-bond donors (Lipinski definition) is 3. The van der Waals surface area contributed by atoms with Crippen LogP contribution in [0.3, 0.4) is 0 Å². The van der Waals surface area contributed by atoms with Crippen LogP contribution < -0.4 is 21.3 Å². The molecule has 2 amide bonds. The average molecular weight is 209 g/mol. The van der Waals surface area contributed by atoms with Crippen molar-refractivity contribution < 1.29 is 9.53 Å². The number of hydrazine groups is 1. The first-order chi connectivity index (χ1) is 7.17. The standard InChI is InChI=1S/C10H15N3O2/c1-7-3-4-9(15-2)8(5-7)6-12-10(14)13-11/h3-5H,6,11H2,1-2H3,(H2,12,13,14). The highest BCUT2D eigenvalue weighted by molar-refractivity contribution is 5.73. The van der Waals surface area contributed by atoms with Crippen LogP contribution in [0.5, 0.6) is 5.75 Å². The number of rotatable bonds is 3. The van der Waals surface area contributed by atoms with Crippen molar-refractivity contribution in [2.24, 2.45) is 5.84 Å². The largest absolute Gasteiger partial charge is 0.496 e. The average Bonchev–Trinajstić information content (AvgIpc) is 2.26. The van der Waals surface area contributed by atoms with Gasteiger partial charge in [0.25, 0.3) is 0 Å². The van der Waals surface area contributed by atoms with Gasteiger partial charge in [-0.25, -0.2) is 10.6 Å². The molecule has 0 bridgehead atoms. The molecule has 0 aliphatic heterocycles. The van der Waals surface area contributed by atoms with Crippen LogP contribution in [0.25, 0.3) is 0 Å². The van der Waals surface area contributed by atoms with Gasteiger partial charge in [-0.2, -0.15) is 0 Å². The first-order valence-corrected chi connectivity index (χ1v) is 4.55. The summed E-state index contributed by atoms with van der Waals surface area (Å²) in [5.41, 5.74) is 4.03. The maximum Gasteiger partial charge on any atom is 0.329 e. The lowest BCUT2D eigenvalue weighted by molar-refractivity contribution is 0.240. The topological polar surface area (TPSA) is 76.4 Å². The van der Waals surface area contributed by atoms with Gasteiger partial charge >= 0.3 is 6.03 Å². The Balaban J connectivity index is 2.74. The van der Waals surface area contributed by atoms with Crippen molar-refractivity contribution in [3.05, 3.63) is 29.3 Å². The van der Waals surface area contributed by atoms with Crippen LogP contribution in [0.4, 0.5) is 4.79 Å². The molecule has 0 atom stereocenters. The van der Waals surface area contributed by atoms with E-state index in [4.69, 9.17) is 10.6 Å². The maximum atomic E-state index is 10.9. The molecule has 0 radical (unpaired) electrons. The Bertz CT molecular complexity index is 353.